The Morgan fingerprint density at radius 2 is 1.66 bits per heavy atom. The fourth-order valence-corrected chi connectivity index (χ4v) is 8.53. The number of amides is 1. The predicted octanol–water partition coefficient (Wildman–Crippen LogP) is 9.50. The second-order valence-corrected chi connectivity index (χ2v) is 17.4. The molecule has 0 aromatic heterocycles. The maximum absolute atomic E-state index is 14.9. The Morgan fingerprint density at radius 3 is 2.25 bits per heavy atom. The molecule has 44 heavy (non-hydrogen) atoms. The average Bonchev–Trinajstić information content (AvgIpc) is 2.93. The van der Waals surface area contributed by atoms with Gasteiger partial charge in [0.05, 0.1) is 17.2 Å². The number of benzene rings is 3. The van der Waals surface area contributed by atoms with Crippen molar-refractivity contribution in [3.8, 4) is 0 Å². The standard InChI is InChI=1S/C35H41BrCl2N2O3S/c1-22(2)32(21-44(39,43)23(3)4)40-33(25-12-14-28(37)15-13-25)31(26-9-7-11-29(38)18-26)20-35(5,34(40)42)19-30(41)17-24-8-6-10-27(36)16-24/h6-16,18,22-23,31-33,39H,17,19-21H2,1-5H3/t31-,32-,33-,35+,44?/m1/s1. The van der Waals surface area contributed by atoms with Crippen molar-refractivity contribution in [2.75, 3.05) is 5.75 Å². The third-order valence-corrected chi connectivity index (χ3v) is 12.1. The molecule has 9 heteroatoms. The molecule has 1 aliphatic rings. The lowest BCUT2D eigenvalue weighted by Gasteiger charge is -2.53. The number of nitrogens with one attached hydrogen (secondary N) is 1. The lowest BCUT2D eigenvalue weighted by atomic mass is 9.66. The van der Waals surface area contributed by atoms with Crippen LogP contribution >= 0.6 is 39.1 Å². The molecule has 1 saturated heterocycles. The van der Waals surface area contributed by atoms with Crippen LogP contribution in [0.3, 0.4) is 0 Å². The topological polar surface area (TPSA) is 78.3 Å². The Balaban J connectivity index is 1.88. The number of carbonyl (C=O) groups excluding carboxylic acids is 2. The van der Waals surface area contributed by atoms with Crippen molar-refractivity contribution < 1.29 is 13.8 Å². The molecule has 1 heterocycles. The number of likely N-dealkylation sites (tertiary alicyclic amines) is 1. The van der Waals surface area contributed by atoms with Gasteiger partial charge in [-0.15, -0.1) is 0 Å². The van der Waals surface area contributed by atoms with Gasteiger partial charge in [-0.3, -0.25) is 14.4 Å². The minimum Gasteiger partial charge on any atom is -0.330 e. The summed E-state index contributed by atoms with van der Waals surface area (Å²) in [5, 5.41) is 0.793. The number of Topliss-reactive ketones (excluding diaryl/α,β-unsaturated/α-hetero) is 1. The van der Waals surface area contributed by atoms with E-state index in [4.69, 9.17) is 28.0 Å². The highest BCUT2D eigenvalue weighted by Crippen LogP contribution is 2.52. The molecule has 3 aromatic carbocycles. The molecule has 3 aromatic rings. The number of rotatable bonds is 11. The normalized spacial score (nSPS) is 22.7. The van der Waals surface area contributed by atoms with Gasteiger partial charge in [0.1, 0.15) is 5.78 Å². The monoisotopic (exact) mass is 718 g/mol. The van der Waals surface area contributed by atoms with Crippen LogP contribution < -0.4 is 0 Å². The Hall–Kier alpha value is -2.19. The van der Waals surface area contributed by atoms with E-state index in [1.54, 1.807) is 13.8 Å². The number of hydrogen-bond acceptors (Lipinski definition) is 4. The maximum atomic E-state index is 14.9. The van der Waals surface area contributed by atoms with Gasteiger partial charge in [-0.05, 0) is 65.4 Å². The third-order valence-electron chi connectivity index (χ3n) is 8.77. The van der Waals surface area contributed by atoms with Crippen molar-refractivity contribution in [2.45, 2.75) is 77.1 Å². The molecule has 5 atom stereocenters. The molecule has 0 aliphatic carbocycles. The van der Waals surface area contributed by atoms with Crippen LogP contribution in [0, 0.1) is 16.1 Å². The van der Waals surface area contributed by atoms with Crippen LogP contribution in [0.2, 0.25) is 10.0 Å². The van der Waals surface area contributed by atoms with E-state index in [0.717, 1.165) is 21.2 Å². The molecule has 1 fully saturated rings. The molecule has 1 amide bonds. The maximum Gasteiger partial charge on any atom is 0.229 e. The Labute approximate surface area is 280 Å². The summed E-state index contributed by atoms with van der Waals surface area (Å²) in [5.74, 6) is -0.461. The van der Waals surface area contributed by atoms with Gasteiger partial charge in [-0.2, -0.15) is 0 Å². The van der Waals surface area contributed by atoms with Gasteiger partial charge in [0.15, 0.2) is 0 Å². The van der Waals surface area contributed by atoms with Gasteiger partial charge in [0.2, 0.25) is 5.91 Å². The first-order valence-corrected chi connectivity index (χ1v) is 18.3. The molecule has 5 nitrogen and oxygen atoms in total. The van der Waals surface area contributed by atoms with E-state index in [1.165, 1.54) is 0 Å². The molecular weight excluding hydrogens is 679 g/mol. The lowest BCUT2D eigenvalue weighted by Crippen LogP contribution is -2.59. The SMILES string of the molecule is CC(C)[C@@H](CS(=N)(=O)C(C)C)N1C(=O)[C@@](C)(CC(=O)Cc2cccc(Br)c2)C[C@H](c2cccc(Cl)c2)[C@H]1c1ccc(Cl)cc1. The minimum absolute atomic E-state index is 0.0266. The van der Waals surface area contributed by atoms with Crippen molar-refractivity contribution in [1.82, 2.24) is 4.90 Å². The highest BCUT2D eigenvalue weighted by Gasteiger charge is 2.53. The van der Waals surface area contributed by atoms with Gasteiger partial charge in [0.25, 0.3) is 0 Å². The summed E-state index contributed by atoms with van der Waals surface area (Å²) >= 11 is 16.3. The Kier molecular flexibility index (Phi) is 11.1. The summed E-state index contributed by atoms with van der Waals surface area (Å²) in [5.41, 5.74) is 1.69. The fourth-order valence-electron chi connectivity index (χ4n) is 6.32. The van der Waals surface area contributed by atoms with Gasteiger partial charge in [-0.25, -0.2) is 4.21 Å². The highest BCUT2D eigenvalue weighted by molar-refractivity contribution is 9.10. The number of halogens is 3. The van der Waals surface area contributed by atoms with Crippen LogP contribution in [0.15, 0.2) is 77.3 Å². The number of nitrogens with zero attached hydrogens (tertiary/aromatic N) is 1. The third kappa shape index (κ3) is 7.96. The summed E-state index contributed by atoms with van der Waals surface area (Å²) in [6.07, 6.45) is 0.697. The quantitative estimate of drug-likeness (QED) is 0.215. The van der Waals surface area contributed by atoms with Gasteiger partial charge in [0, 0.05) is 54.3 Å². The average molecular weight is 721 g/mol. The molecule has 1 unspecified atom stereocenters. The molecule has 236 valence electrons. The van der Waals surface area contributed by atoms with Gasteiger partial charge in [-0.1, -0.05) is 110 Å². The summed E-state index contributed by atoms with van der Waals surface area (Å²) in [6, 6.07) is 21.9. The molecule has 1 aliphatic heterocycles. The number of piperidine rings is 1. The molecule has 4 rings (SSSR count). The van der Waals surface area contributed by atoms with Crippen molar-refractivity contribution in [3.05, 3.63) is 104 Å². The van der Waals surface area contributed by atoms with E-state index in [9.17, 15) is 13.8 Å². The summed E-state index contributed by atoms with van der Waals surface area (Å²) in [6.45, 7) is 9.48. The Bertz CT molecular complexity index is 1610. The van der Waals surface area contributed by atoms with E-state index in [0.29, 0.717) is 16.5 Å². The van der Waals surface area contributed by atoms with E-state index >= 15 is 0 Å². The summed E-state index contributed by atoms with van der Waals surface area (Å²) in [4.78, 5) is 30.5. The zero-order chi connectivity index (χ0) is 32.4. The molecule has 0 spiro atoms. The van der Waals surface area contributed by atoms with E-state index in [1.807, 2.05) is 98.5 Å². The predicted molar refractivity (Wildman–Crippen MR) is 185 cm³/mol. The Morgan fingerprint density at radius 1 is 1.00 bits per heavy atom. The smallest absolute Gasteiger partial charge is 0.229 e. The molecule has 1 N–H and O–H groups in total. The number of ketones is 1. The fraction of sp³-hybridized carbons (Fsp3) is 0.429. The molecule has 0 radical (unpaired) electrons. The molecule has 0 bridgehead atoms. The van der Waals surface area contributed by atoms with Crippen LogP contribution in [0.5, 0.6) is 0 Å². The second kappa shape index (κ2) is 14.1. The van der Waals surface area contributed by atoms with Crippen molar-refractivity contribution in [1.29, 1.82) is 4.78 Å². The molecular formula is C35H41BrCl2N2O3S. The first-order chi connectivity index (χ1) is 20.6. The molecule has 0 saturated carbocycles. The zero-order valence-electron chi connectivity index (χ0n) is 25.9. The number of hydrogen-bond donors (Lipinski definition) is 1. The first kappa shape index (κ1) is 34.7. The van der Waals surface area contributed by atoms with E-state index in [-0.39, 0.29) is 47.4 Å². The highest BCUT2D eigenvalue weighted by atomic mass is 79.9. The van der Waals surface area contributed by atoms with Crippen LogP contribution in [0.4, 0.5) is 0 Å². The largest absolute Gasteiger partial charge is 0.330 e. The van der Waals surface area contributed by atoms with E-state index < -0.39 is 27.2 Å². The van der Waals surface area contributed by atoms with Crippen LogP contribution in [0.1, 0.15) is 76.1 Å². The second-order valence-electron chi connectivity index (χ2n) is 12.9. The van der Waals surface area contributed by atoms with Crippen LogP contribution in [-0.2, 0) is 25.7 Å². The summed E-state index contributed by atoms with van der Waals surface area (Å²) in [7, 11) is -3.03. The zero-order valence-corrected chi connectivity index (χ0v) is 29.8. The lowest BCUT2D eigenvalue weighted by molar-refractivity contribution is -0.157. The minimum atomic E-state index is -3.03. The van der Waals surface area contributed by atoms with Gasteiger partial charge >= 0.3 is 0 Å². The van der Waals surface area contributed by atoms with Crippen molar-refractivity contribution in [3.63, 3.8) is 0 Å². The van der Waals surface area contributed by atoms with Crippen LogP contribution in [-0.4, -0.2) is 37.8 Å². The van der Waals surface area contributed by atoms with E-state index in [2.05, 4.69) is 15.9 Å². The van der Waals surface area contributed by atoms with Crippen molar-refractivity contribution >= 4 is 60.6 Å². The number of carbonyl (C=O) groups is 2. The summed E-state index contributed by atoms with van der Waals surface area (Å²) < 4.78 is 23.3. The first-order valence-electron chi connectivity index (χ1n) is 15.0. The van der Waals surface area contributed by atoms with Crippen LogP contribution in [0.25, 0.3) is 0 Å². The van der Waals surface area contributed by atoms with Gasteiger partial charge < -0.3 is 4.90 Å². The van der Waals surface area contributed by atoms with Crippen molar-refractivity contribution in [2.24, 2.45) is 11.3 Å².